The minimum Gasteiger partial charge on any atom is -0.384 e. The first-order valence-electron chi connectivity index (χ1n) is 5.61. The maximum atomic E-state index is 13.5. The molecule has 1 rings (SSSR count). The van der Waals surface area contributed by atoms with E-state index in [0.29, 0.717) is 18.0 Å². The van der Waals surface area contributed by atoms with Gasteiger partial charge < -0.3 is 10.4 Å². The van der Waals surface area contributed by atoms with Crippen LogP contribution >= 0.6 is 0 Å². The van der Waals surface area contributed by atoms with Gasteiger partial charge in [-0.1, -0.05) is 32.0 Å². The van der Waals surface area contributed by atoms with Gasteiger partial charge in [0, 0.05) is 12.1 Å². The van der Waals surface area contributed by atoms with Gasteiger partial charge in [0.25, 0.3) is 0 Å². The number of hydrogen-bond donors (Lipinski definition) is 2. The van der Waals surface area contributed by atoms with Crippen molar-refractivity contribution in [2.75, 3.05) is 13.1 Å². The van der Waals surface area contributed by atoms with Gasteiger partial charge in [-0.15, -0.1) is 0 Å². The molecule has 0 spiro atoms. The molecule has 3 heteroatoms. The lowest BCUT2D eigenvalue weighted by Gasteiger charge is -2.25. The number of rotatable bonds is 5. The lowest BCUT2D eigenvalue weighted by atomic mass is 9.95. The number of benzene rings is 1. The van der Waals surface area contributed by atoms with Crippen LogP contribution in [0, 0.1) is 11.7 Å². The molecule has 0 aliphatic rings. The third-order valence-electron chi connectivity index (χ3n) is 2.48. The van der Waals surface area contributed by atoms with Crippen molar-refractivity contribution in [3.8, 4) is 0 Å². The minimum atomic E-state index is -1.17. The van der Waals surface area contributed by atoms with E-state index in [0.717, 1.165) is 6.54 Å². The summed E-state index contributed by atoms with van der Waals surface area (Å²) < 4.78 is 13.5. The summed E-state index contributed by atoms with van der Waals surface area (Å²) >= 11 is 0. The van der Waals surface area contributed by atoms with Gasteiger partial charge in [-0.05, 0) is 25.5 Å². The van der Waals surface area contributed by atoms with Crippen molar-refractivity contribution in [1.82, 2.24) is 5.32 Å². The van der Waals surface area contributed by atoms with Crippen LogP contribution in [0.1, 0.15) is 26.3 Å². The van der Waals surface area contributed by atoms with Crippen LogP contribution < -0.4 is 5.32 Å². The number of halogens is 1. The molecule has 2 N–H and O–H groups in total. The average molecular weight is 225 g/mol. The molecule has 0 radical (unpaired) electrons. The Labute approximate surface area is 96.5 Å². The van der Waals surface area contributed by atoms with Crippen LogP contribution in [0.4, 0.5) is 4.39 Å². The second-order valence-electron chi connectivity index (χ2n) is 4.78. The highest BCUT2D eigenvalue weighted by Crippen LogP contribution is 2.22. The molecule has 1 aromatic rings. The standard InChI is InChI=1S/C13H20FNO/c1-10(2)8-15-9-13(3,16)11-6-4-5-7-12(11)14/h4-7,10,15-16H,8-9H2,1-3H3. The maximum Gasteiger partial charge on any atom is 0.129 e. The first-order chi connectivity index (χ1) is 7.43. The van der Waals surface area contributed by atoms with Crippen molar-refractivity contribution in [2.24, 2.45) is 5.92 Å². The third kappa shape index (κ3) is 3.58. The zero-order valence-electron chi connectivity index (χ0n) is 10.1. The quantitative estimate of drug-likeness (QED) is 0.805. The predicted molar refractivity (Wildman–Crippen MR) is 63.7 cm³/mol. The Morgan fingerprint density at radius 1 is 1.38 bits per heavy atom. The summed E-state index contributed by atoms with van der Waals surface area (Å²) in [6, 6.07) is 6.34. The van der Waals surface area contributed by atoms with Gasteiger partial charge in [-0.3, -0.25) is 0 Å². The van der Waals surface area contributed by atoms with E-state index in [1.165, 1.54) is 6.07 Å². The smallest absolute Gasteiger partial charge is 0.129 e. The number of nitrogens with one attached hydrogen (secondary N) is 1. The molecule has 0 aliphatic carbocycles. The molecule has 0 amide bonds. The van der Waals surface area contributed by atoms with Crippen LogP contribution in [0.5, 0.6) is 0 Å². The monoisotopic (exact) mass is 225 g/mol. The van der Waals surface area contributed by atoms with Crippen LogP contribution in [-0.2, 0) is 5.60 Å². The van der Waals surface area contributed by atoms with Crippen molar-refractivity contribution in [2.45, 2.75) is 26.4 Å². The summed E-state index contributed by atoms with van der Waals surface area (Å²) in [6.45, 7) is 6.96. The second kappa shape index (κ2) is 5.41. The Kier molecular flexibility index (Phi) is 4.44. The molecule has 0 aromatic heterocycles. The number of aliphatic hydroxyl groups is 1. The van der Waals surface area contributed by atoms with Gasteiger partial charge in [-0.25, -0.2) is 4.39 Å². The van der Waals surface area contributed by atoms with Crippen LogP contribution in [0.25, 0.3) is 0 Å². The SMILES string of the molecule is CC(C)CNCC(C)(O)c1ccccc1F. The first kappa shape index (κ1) is 13.1. The molecule has 0 aliphatic heterocycles. The highest BCUT2D eigenvalue weighted by Gasteiger charge is 2.25. The van der Waals surface area contributed by atoms with Gasteiger partial charge in [0.15, 0.2) is 0 Å². The summed E-state index contributed by atoms with van der Waals surface area (Å²) in [5.74, 6) is 0.148. The van der Waals surface area contributed by atoms with Crippen LogP contribution in [0.3, 0.4) is 0 Å². The largest absolute Gasteiger partial charge is 0.384 e. The van der Waals surface area contributed by atoms with Gasteiger partial charge >= 0.3 is 0 Å². The Balaban J connectivity index is 2.66. The highest BCUT2D eigenvalue weighted by atomic mass is 19.1. The van der Waals surface area contributed by atoms with E-state index in [9.17, 15) is 9.50 Å². The Morgan fingerprint density at radius 3 is 2.56 bits per heavy atom. The zero-order chi connectivity index (χ0) is 12.2. The molecule has 1 atom stereocenters. The molecule has 16 heavy (non-hydrogen) atoms. The van der Waals surface area contributed by atoms with Crippen molar-refractivity contribution < 1.29 is 9.50 Å². The van der Waals surface area contributed by atoms with Gasteiger partial charge in [0.1, 0.15) is 11.4 Å². The Morgan fingerprint density at radius 2 is 2.00 bits per heavy atom. The summed E-state index contributed by atoms with van der Waals surface area (Å²) in [6.07, 6.45) is 0. The molecule has 0 heterocycles. The van der Waals surface area contributed by atoms with Crippen LogP contribution in [0.15, 0.2) is 24.3 Å². The molecule has 0 saturated carbocycles. The molecule has 2 nitrogen and oxygen atoms in total. The van der Waals surface area contributed by atoms with E-state index in [1.54, 1.807) is 25.1 Å². The molecule has 90 valence electrons. The summed E-state index contributed by atoms with van der Waals surface area (Å²) in [5, 5.41) is 13.3. The Bertz CT molecular complexity index is 336. The topological polar surface area (TPSA) is 32.3 Å². The first-order valence-corrected chi connectivity index (χ1v) is 5.61. The zero-order valence-corrected chi connectivity index (χ0v) is 10.1. The van der Waals surface area contributed by atoms with E-state index in [1.807, 2.05) is 0 Å². The van der Waals surface area contributed by atoms with E-state index < -0.39 is 5.60 Å². The molecule has 0 fully saturated rings. The molecule has 0 bridgehead atoms. The van der Waals surface area contributed by atoms with Crippen molar-refractivity contribution in [3.05, 3.63) is 35.6 Å². The second-order valence-corrected chi connectivity index (χ2v) is 4.78. The van der Waals surface area contributed by atoms with E-state index in [-0.39, 0.29) is 5.82 Å². The molecule has 0 saturated heterocycles. The van der Waals surface area contributed by atoms with Crippen LogP contribution in [0.2, 0.25) is 0 Å². The minimum absolute atomic E-state index is 0.339. The van der Waals surface area contributed by atoms with E-state index in [4.69, 9.17) is 0 Å². The van der Waals surface area contributed by atoms with E-state index >= 15 is 0 Å². The molecular weight excluding hydrogens is 205 g/mol. The van der Waals surface area contributed by atoms with Gasteiger partial charge in [-0.2, -0.15) is 0 Å². The normalized spacial score (nSPS) is 15.1. The summed E-state index contributed by atoms with van der Waals surface area (Å²) in [4.78, 5) is 0. The average Bonchev–Trinajstić information content (AvgIpc) is 2.17. The van der Waals surface area contributed by atoms with Gasteiger partial charge in [0.2, 0.25) is 0 Å². The fourth-order valence-corrected chi connectivity index (χ4v) is 1.60. The summed E-state index contributed by atoms with van der Waals surface area (Å²) in [5.41, 5.74) is -0.827. The molecule has 1 unspecified atom stereocenters. The van der Waals surface area contributed by atoms with Crippen molar-refractivity contribution in [1.29, 1.82) is 0 Å². The Hall–Kier alpha value is -0.930. The fraction of sp³-hybridized carbons (Fsp3) is 0.538. The maximum absolute atomic E-state index is 13.5. The summed E-state index contributed by atoms with van der Waals surface area (Å²) in [7, 11) is 0. The fourth-order valence-electron chi connectivity index (χ4n) is 1.60. The lowest BCUT2D eigenvalue weighted by molar-refractivity contribution is 0.0527. The third-order valence-corrected chi connectivity index (χ3v) is 2.48. The van der Waals surface area contributed by atoms with Gasteiger partial charge in [0.05, 0.1) is 0 Å². The highest BCUT2D eigenvalue weighted by molar-refractivity contribution is 5.23. The molecule has 1 aromatic carbocycles. The number of hydrogen-bond acceptors (Lipinski definition) is 2. The van der Waals surface area contributed by atoms with Crippen molar-refractivity contribution in [3.63, 3.8) is 0 Å². The van der Waals surface area contributed by atoms with Crippen molar-refractivity contribution >= 4 is 0 Å². The predicted octanol–water partition coefficient (Wildman–Crippen LogP) is 2.28. The van der Waals surface area contributed by atoms with E-state index in [2.05, 4.69) is 19.2 Å². The lowest BCUT2D eigenvalue weighted by Crippen LogP contribution is -2.37. The molecular formula is C13H20FNO. The van der Waals surface area contributed by atoms with Crippen LogP contribution in [-0.4, -0.2) is 18.2 Å².